The number of nitrogens with two attached hydrogens (primary N) is 2. The molecule has 1 heterocycles. The molecule has 0 fully saturated rings. The van der Waals surface area contributed by atoms with Gasteiger partial charge in [-0.2, -0.15) is 0 Å². The van der Waals surface area contributed by atoms with Gasteiger partial charge in [-0.25, -0.2) is 4.79 Å². The minimum Gasteiger partial charge on any atom is -0.366 e. The van der Waals surface area contributed by atoms with E-state index in [-0.39, 0.29) is 0 Å². The van der Waals surface area contributed by atoms with Crippen molar-refractivity contribution in [2.24, 2.45) is 16.5 Å². The van der Waals surface area contributed by atoms with E-state index in [0.29, 0.717) is 0 Å². The number of amides is 3. The van der Waals surface area contributed by atoms with Gasteiger partial charge in [0.25, 0.3) is 5.91 Å². The Kier molecular flexibility index (Phi) is 2.09. The van der Waals surface area contributed by atoms with E-state index in [0.717, 1.165) is 4.90 Å². The van der Waals surface area contributed by atoms with Gasteiger partial charge in [0.15, 0.2) is 0 Å². The molecular formula is C6H8N4O2. The number of hydrogen-bond donors (Lipinski definition) is 2. The van der Waals surface area contributed by atoms with E-state index in [1.54, 1.807) is 0 Å². The first-order valence-corrected chi connectivity index (χ1v) is 3.20. The Morgan fingerprint density at radius 2 is 2.08 bits per heavy atom. The standard InChI is InChI=1S/C6H8N4O2/c7-4(11)5-9-2-1-3-10(5)6(8)12/h1-3,5H,(H2,7,11)(H2,8,12). The predicted molar refractivity (Wildman–Crippen MR) is 42.0 cm³/mol. The third-order valence-corrected chi connectivity index (χ3v) is 1.33. The lowest BCUT2D eigenvalue weighted by atomic mass is 10.4. The molecule has 1 aliphatic rings. The summed E-state index contributed by atoms with van der Waals surface area (Å²) >= 11 is 0. The minimum absolute atomic E-state index is 0.714. The molecule has 1 atom stereocenters. The summed E-state index contributed by atoms with van der Waals surface area (Å²) < 4.78 is 0. The number of nitrogens with zero attached hydrogens (tertiary/aromatic N) is 2. The average Bonchev–Trinajstić information content (AvgIpc) is 2.04. The second-order valence-electron chi connectivity index (χ2n) is 2.16. The quantitative estimate of drug-likeness (QED) is 0.512. The molecule has 0 saturated heterocycles. The SMILES string of the molecule is NC(=O)C1N=CC=CN1C(N)=O. The van der Waals surface area contributed by atoms with Crippen molar-refractivity contribution in [1.82, 2.24) is 4.90 Å². The molecule has 0 saturated carbocycles. The second-order valence-corrected chi connectivity index (χ2v) is 2.16. The number of aliphatic imine (C=N–C) groups is 1. The Morgan fingerprint density at radius 1 is 1.42 bits per heavy atom. The third-order valence-electron chi connectivity index (χ3n) is 1.33. The van der Waals surface area contributed by atoms with Gasteiger partial charge in [-0.05, 0) is 6.08 Å². The van der Waals surface area contributed by atoms with Gasteiger partial charge in [0, 0.05) is 12.4 Å². The molecule has 6 nitrogen and oxygen atoms in total. The van der Waals surface area contributed by atoms with Crippen LogP contribution in [0.25, 0.3) is 0 Å². The molecule has 1 aliphatic heterocycles. The van der Waals surface area contributed by atoms with E-state index in [1.807, 2.05) is 0 Å². The monoisotopic (exact) mass is 168 g/mol. The van der Waals surface area contributed by atoms with Crippen LogP contribution in [-0.4, -0.2) is 29.2 Å². The van der Waals surface area contributed by atoms with Crippen LogP contribution in [0.2, 0.25) is 0 Å². The minimum atomic E-state index is -1.01. The van der Waals surface area contributed by atoms with Gasteiger partial charge in [0.1, 0.15) is 0 Å². The molecule has 0 radical (unpaired) electrons. The highest BCUT2D eigenvalue weighted by Crippen LogP contribution is 2.04. The van der Waals surface area contributed by atoms with Crippen LogP contribution in [-0.2, 0) is 4.79 Å². The Labute approximate surface area is 68.5 Å². The van der Waals surface area contributed by atoms with Crippen molar-refractivity contribution >= 4 is 18.2 Å². The van der Waals surface area contributed by atoms with Gasteiger partial charge in [0.2, 0.25) is 6.17 Å². The van der Waals surface area contributed by atoms with E-state index >= 15 is 0 Å². The van der Waals surface area contributed by atoms with Crippen molar-refractivity contribution in [2.45, 2.75) is 6.17 Å². The van der Waals surface area contributed by atoms with Gasteiger partial charge in [0.05, 0.1) is 0 Å². The molecule has 0 aromatic heterocycles. The lowest BCUT2D eigenvalue weighted by molar-refractivity contribution is -0.121. The summed E-state index contributed by atoms with van der Waals surface area (Å²) in [6.07, 6.45) is 3.22. The highest BCUT2D eigenvalue weighted by Gasteiger charge is 2.24. The van der Waals surface area contributed by atoms with E-state index < -0.39 is 18.1 Å². The number of carbonyl (C=O) groups excluding carboxylic acids is 2. The van der Waals surface area contributed by atoms with Gasteiger partial charge >= 0.3 is 6.03 Å². The summed E-state index contributed by atoms with van der Waals surface area (Å²) in [5.74, 6) is -0.714. The highest BCUT2D eigenvalue weighted by atomic mass is 16.2. The first-order valence-electron chi connectivity index (χ1n) is 3.20. The molecular weight excluding hydrogens is 160 g/mol. The fourth-order valence-electron chi connectivity index (χ4n) is 0.820. The van der Waals surface area contributed by atoms with Crippen molar-refractivity contribution in [3.8, 4) is 0 Å². The van der Waals surface area contributed by atoms with Crippen molar-refractivity contribution < 1.29 is 9.59 Å². The summed E-state index contributed by atoms with van der Waals surface area (Å²) in [5.41, 5.74) is 9.91. The molecule has 0 bridgehead atoms. The molecule has 6 heteroatoms. The Morgan fingerprint density at radius 3 is 2.50 bits per heavy atom. The summed E-state index contributed by atoms with van der Waals surface area (Å²) in [7, 11) is 0. The lowest BCUT2D eigenvalue weighted by Gasteiger charge is -2.22. The number of carbonyl (C=O) groups is 2. The lowest BCUT2D eigenvalue weighted by Crippen LogP contribution is -2.47. The van der Waals surface area contributed by atoms with Crippen LogP contribution in [0.3, 0.4) is 0 Å². The molecule has 12 heavy (non-hydrogen) atoms. The van der Waals surface area contributed by atoms with Crippen molar-refractivity contribution in [1.29, 1.82) is 0 Å². The van der Waals surface area contributed by atoms with Gasteiger partial charge in [-0.3, -0.25) is 14.7 Å². The van der Waals surface area contributed by atoms with Crippen LogP contribution in [0.5, 0.6) is 0 Å². The van der Waals surface area contributed by atoms with Gasteiger partial charge in [-0.15, -0.1) is 0 Å². The maximum absolute atomic E-state index is 10.7. The predicted octanol–water partition coefficient (Wildman–Crippen LogP) is -1.22. The topological polar surface area (TPSA) is 102 Å². The zero-order valence-electron chi connectivity index (χ0n) is 6.18. The van der Waals surface area contributed by atoms with Crippen LogP contribution < -0.4 is 11.5 Å². The summed E-state index contributed by atoms with van der Waals surface area (Å²) in [6.45, 7) is 0. The second kappa shape index (κ2) is 3.04. The molecule has 1 unspecified atom stereocenters. The molecule has 0 aromatic rings. The zero-order valence-corrected chi connectivity index (χ0v) is 6.18. The Balaban J connectivity index is 2.85. The van der Waals surface area contributed by atoms with E-state index in [4.69, 9.17) is 11.5 Å². The molecule has 3 amide bonds. The molecule has 0 spiro atoms. The molecule has 4 N–H and O–H groups in total. The first-order chi connectivity index (χ1) is 5.63. The van der Waals surface area contributed by atoms with E-state index in [1.165, 1.54) is 18.5 Å². The Hall–Kier alpha value is -1.85. The van der Waals surface area contributed by atoms with Crippen LogP contribution in [0.1, 0.15) is 0 Å². The van der Waals surface area contributed by atoms with Crippen molar-refractivity contribution in [3.05, 3.63) is 12.3 Å². The fourth-order valence-corrected chi connectivity index (χ4v) is 0.820. The summed E-state index contributed by atoms with van der Waals surface area (Å²) in [6, 6.07) is -0.757. The third kappa shape index (κ3) is 1.42. The first kappa shape index (κ1) is 8.25. The van der Waals surface area contributed by atoms with Crippen LogP contribution in [0.15, 0.2) is 17.3 Å². The molecule has 0 aliphatic carbocycles. The van der Waals surface area contributed by atoms with E-state index in [2.05, 4.69) is 4.99 Å². The maximum Gasteiger partial charge on any atom is 0.320 e. The molecule has 0 aromatic carbocycles. The van der Waals surface area contributed by atoms with Crippen LogP contribution in [0.4, 0.5) is 4.79 Å². The fraction of sp³-hybridized carbons (Fsp3) is 0.167. The number of urea groups is 1. The average molecular weight is 168 g/mol. The zero-order chi connectivity index (χ0) is 9.14. The highest BCUT2D eigenvalue weighted by molar-refractivity contribution is 5.89. The van der Waals surface area contributed by atoms with E-state index in [9.17, 15) is 9.59 Å². The summed E-state index contributed by atoms with van der Waals surface area (Å²) in [4.78, 5) is 26.0. The smallest absolute Gasteiger partial charge is 0.320 e. The van der Waals surface area contributed by atoms with Gasteiger partial charge in [-0.1, -0.05) is 0 Å². The van der Waals surface area contributed by atoms with Crippen molar-refractivity contribution in [3.63, 3.8) is 0 Å². The molecule has 64 valence electrons. The number of hydrogen-bond acceptors (Lipinski definition) is 3. The summed E-state index contributed by atoms with van der Waals surface area (Å²) in [5, 5.41) is 0. The van der Waals surface area contributed by atoms with Crippen LogP contribution >= 0.6 is 0 Å². The largest absolute Gasteiger partial charge is 0.366 e. The van der Waals surface area contributed by atoms with Crippen LogP contribution in [0, 0.1) is 0 Å². The maximum atomic E-state index is 10.7. The molecule has 1 rings (SSSR count). The van der Waals surface area contributed by atoms with Crippen molar-refractivity contribution in [2.75, 3.05) is 0 Å². The normalized spacial score (nSPS) is 21.0. The number of rotatable bonds is 1. The van der Waals surface area contributed by atoms with Gasteiger partial charge < -0.3 is 11.5 Å². The number of primary amides is 2. The Bertz CT molecular complexity index is 243. The number of allylic oxidation sites excluding steroid dienone is 1.